The summed E-state index contributed by atoms with van der Waals surface area (Å²) in [5.41, 5.74) is 1.09. The van der Waals surface area contributed by atoms with Gasteiger partial charge in [0.2, 0.25) is 5.91 Å². The lowest BCUT2D eigenvalue weighted by atomic mass is 9.94. The van der Waals surface area contributed by atoms with Gasteiger partial charge in [0.15, 0.2) is 0 Å². The summed E-state index contributed by atoms with van der Waals surface area (Å²) in [6.07, 6.45) is 0.788. The average molecular weight is 368 g/mol. The molecule has 1 aromatic rings. The quantitative estimate of drug-likeness (QED) is 0.512. The Kier molecular flexibility index (Phi) is 6.82. The lowest BCUT2D eigenvalue weighted by Gasteiger charge is -2.28. The van der Waals surface area contributed by atoms with Gasteiger partial charge in [-0.2, -0.15) is 0 Å². The van der Waals surface area contributed by atoms with Crippen LogP contribution in [-0.2, 0) is 20.7 Å². The van der Waals surface area contributed by atoms with Gasteiger partial charge < -0.3 is 20.5 Å². The first-order valence-corrected chi connectivity index (χ1v) is 8.19. The Hall–Kier alpha value is -2.32. The molecule has 3 N–H and O–H groups in total. The summed E-state index contributed by atoms with van der Waals surface area (Å²) in [5.74, 6) is -2.29. The molecule has 0 bridgehead atoms. The van der Waals surface area contributed by atoms with Gasteiger partial charge in [0.25, 0.3) is 0 Å². The molecule has 0 aliphatic carbocycles. The zero-order valence-corrected chi connectivity index (χ0v) is 14.6. The Balaban J connectivity index is 2.12. The topological polar surface area (TPSA) is 87.7 Å². The Labute approximate surface area is 150 Å². The fourth-order valence-electron chi connectivity index (χ4n) is 3.05. The van der Waals surface area contributed by atoms with Gasteiger partial charge in [-0.1, -0.05) is 0 Å². The number of nitrogens with one attached hydrogen (secondary N) is 2. The SMILES string of the molecule is COC(=O)/C=C1\CN[C@@H]([C@@H](O)[C@H](Cc2cc(F)cc(F)c2)NC(C)=O)C1. The van der Waals surface area contributed by atoms with Crippen molar-refractivity contribution in [3.05, 3.63) is 47.0 Å². The van der Waals surface area contributed by atoms with Crippen LogP contribution >= 0.6 is 0 Å². The maximum absolute atomic E-state index is 13.4. The molecule has 1 aliphatic rings. The second-order valence-electron chi connectivity index (χ2n) is 6.30. The van der Waals surface area contributed by atoms with Crippen LogP contribution < -0.4 is 10.6 Å². The van der Waals surface area contributed by atoms with Gasteiger partial charge in [0, 0.05) is 31.7 Å². The molecular weight excluding hydrogens is 346 g/mol. The van der Waals surface area contributed by atoms with Gasteiger partial charge >= 0.3 is 5.97 Å². The molecule has 0 unspecified atom stereocenters. The van der Waals surface area contributed by atoms with Crippen molar-refractivity contribution in [1.82, 2.24) is 10.6 Å². The third-order valence-electron chi connectivity index (χ3n) is 4.19. The van der Waals surface area contributed by atoms with Gasteiger partial charge in [-0.15, -0.1) is 0 Å². The van der Waals surface area contributed by atoms with Crippen LogP contribution in [0.25, 0.3) is 0 Å². The van der Waals surface area contributed by atoms with Gasteiger partial charge in [0.1, 0.15) is 11.6 Å². The van der Waals surface area contributed by atoms with E-state index in [2.05, 4.69) is 15.4 Å². The van der Waals surface area contributed by atoms with E-state index in [0.717, 1.165) is 23.8 Å². The lowest BCUT2D eigenvalue weighted by Crippen LogP contribution is -2.51. The van der Waals surface area contributed by atoms with Crippen molar-refractivity contribution in [3.63, 3.8) is 0 Å². The van der Waals surface area contributed by atoms with Crippen molar-refractivity contribution in [2.24, 2.45) is 0 Å². The molecule has 0 aromatic heterocycles. The van der Waals surface area contributed by atoms with E-state index in [9.17, 15) is 23.5 Å². The maximum Gasteiger partial charge on any atom is 0.330 e. The highest BCUT2D eigenvalue weighted by Crippen LogP contribution is 2.20. The third kappa shape index (κ3) is 5.60. The van der Waals surface area contributed by atoms with Gasteiger partial charge in [-0.25, -0.2) is 13.6 Å². The number of aliphatic hydroxyl groups is 1. The van der Waals surface area contributed by atoms with E-state index >= 15 is 0 Å². The first-order chi connectivity index (χ1) is 12.3. The third-order valence-corrected chi connectivity index (χ3v) is 4.19. The van der Waals surface area contributed by atoms with Gasteiger partial charge in [-0.3, -0.25) is 4.79 Å². The van der Waals surface area contributed by atoms with Gasteiger partial charge in [0.05, 0.1) is 19.3 Å². The Morgan fingerprint density at radius 2 is 2.04 bits per heavy atom. The summed E-state index contributed by atoms with van der Waals surface area (Å²) in [6.45, 7) is 1.70. The molecule has 0 saturated carbocycles. The van der Waals surface area contributed by atoms with Crippen LogP contribution in [0.4, 0.5) is 8.78 Å². The molecule has 6 nitrogen and oxygen atoms in total. The number of esters is 1. The number of amides is 1. The standard InChI is InChI=1S/C18H22F2N2O4/c1-10(23)22-16(5-11-3-13(19)8-14(20)4-11)18(25)15-6-12(9-21-15)7-17(24)26-2/h3-4,7-8,15-16,18,21,25H,5-6,9H2,1-2H3,(H,22,23)/b12-7-/t15-,16+,18-/m1/s1. The fraction of sp³-hybridized carbons (Fsp3) is 0.444. The van der Waals surface area contributed by atoms with E-state index in [0.29, 0.717) is 18.5 Å². The summed E-state index contributed by atoms with van der Waals surface area (Å²) >= 11 is 0. The highest BCUT2D eigenvalue weighted by molar-refractivity contribution is 5.82. The van der Waals surface area contributed by atoms with E-state index < -0.39 is 35.8 Å². The first kappa shape index (κ1) is 20.0. The van der Waals surface area contributed by atoms with E-state index in [-0.39, 0.29) is 12.3 Å². The van der Waals surface area contributed by atoms with E-state index in [1.807, 2.05) is 0 Å². The number of aliphatic hydroxyl groups excluding tert-OH is 1. The highest BCUT2D eigenvalue weighted by Gasteiger charge is 2.32. The Bertz CT molecular complexity index is 688. The monoisotopic (exact) mass is 368 g/mol. The van der Waals surface area contributed by atoms with Crippen LogP contribution in [-0.4, -0.2) is 48.8 Å². The smallest absolute Gasteiger partial charge is 0.330 e. The number of hydrogen-bond donors (Lipinski definition) is 3. The number of carbonyl (C=O) groups excluding carboxylic acids is 2. The van der Waals surface area contributed by atoms with Crippen molar-refractivity contribution >= 4 is 11.9 Å². The van der Waals surface area contributed by atoms with Crippen LogP contribution in [0.5, 0.6) is 0 Å². The molecule has 0 radical (unpaired) electrons. The number of benzene rings is 1. The second kappa shape index (κ2) is 8.86. The summed E-state index contributed by atoms with van der Waals surface area (Å²) in [6, 6.07) is 1.92. The van der Waals surface area contributed by atoms with E-state index in [4.69, 9.17) is 0 Å². The van der Waals surface area contributed by atoms with Crippen molar-refractivity contribution in [2.75, 3.05) is 13.7 Å². The summed E-state index contributed by atoms with van der Waals surface area (Å²) < 4.78 is 31.4. The summed E-state index contributed by atoms with van der Waals surface area (Å²) in [4.78, 5) is 22.8. The molecule has 2 rings (SSSR count). The molecule has 1 aromatic carbocycles. The molecular formula is C18H22F2N2O4. The van der Waals surface area contributed by atoms with E-state index in [1.54, 1.807) is 0 Å². The van der Waals surface area contributed by atoms with Crippen LogP contribution in [0.15, 0.2) is 29.8 Å². The molecule has 142 valence electrons. The molecule has 0 spiro atoms. The molecule has 1 fully saturated rings. The van der Waals surface area contributed by atoms with Crippen molar-refractivity contribution < 1.29 is 28.2 Å². The summed E-state index contributed by atoms with van der Waals surface area (Å²) in [5, 5.41) is 16.4. The van der Waals surface area contributed by atoms with Crippen molar-refractivity contribution in [1.29, 1.82) is 0 Å². The Morgan fingerprint density at radius 3 is 2.62 bits per heavy atom. The molecule has 8 heteroatoms. The van der Waals surface area contributed by atoms with Crippen molar-refractivity contribution in [2.45, 2.75) is 38.0 Å². The van der Waals surface area contributed by atoms with E-state index in [1.165, 1.54) is 20.1 Å². The molecule has 1 saturated heterocycles. The first-order valence-electron chi connectivity index (χ1n) is 8.19. The minimum absolute atomic E-state index is 0.0592. The van der Waals surface area contributed by atoms with Crippen LogP contribution in [0, 0.1) is 11.6 Å². The van der Waals surface area contributed by atoms with Gasteiger partial charge in [-0.05, 0) is 36.1 Å². The lowest BCUT2D eigenvalue weighted by molar-refractivity contribution is -0.134. The minimum Gasteiger partial charge on any atom is -0.466 e. The Morgan fingerprint density at radius 1 is 1.38 bits per heavy atom. The largest absolute Gasteiger partial charge is 0.466 e. The van der Waals surface area contributed by atoms with Crippen LogP contribution in [0.2, 0.25) is 0 Å². The normalized spacial score (nSPS) is 20.7. The number of halogens is 2. The number of rotatable bonds is 6. The number of hydrogen-bond acceptors (Lipinski definition) is 5. The molecule has 1 amide bonds. The number of methoxy groups -OCH3 is 1. The van der Waals surface area contributed by atoms with Crippen LogP contribution in [0.1, 0.15) is 18.9 Å². The number of ether oxygens (including phenoxy) is 1. The molecule has 26 heavy (non-hydrogen) atoms. The minimum atomic E-state index is -1.02. The molecule has 1 aliphatic heterocycles. The molecule has 1 heterocycles. The predicted molar refractivity (Wildman–Crippen MR) is 90.2 cm³/mol. The maximum atomic E-state index is 13.4. The zero-order chi connectivity index (χ0) is 19.3. The second-order valence-corrected chi connectivity index (χ2v) is 6.30. The van der Waals surface area contributed by atoms with Crippen molar-refractivity contribution in [3.8, 4) is 0 Å². The van der Waals surface area contributed by atoms with Crippen LogP contribution in [0.3, 0.4) is 0 Å². The molecule has 3 atom stereocenters. The average Bonchev–Trinajstić information content (AvgIpc) is 3.00. The summed E-state index contributed by atoms with van der Waals surface area (Å²) in [7, 11) is 1.28. The fourth-order valence-corrected chi connectivity index (χ4v) is 3.05. The zero-order valence-electron chi connectivity index (χ0n) is 14.6. The predicted octanol–water partition coefficient (Wildman–Crippen LogP) is 0.834. The highest BCUT2D eigenvalue weighted by atomic mass is 19.1. The number of carbonyl (C=O) groups is 2.